The lowest BCUT2D eigenvalue weighted by atomic mass is 10.0. The number of ether oxygens (including phenoxy) is 1. The molecule has 0 aliphatic rings. The highest BCUT2D eigenvalue weighted by Crippen LogP contribution is 2.08. The van der Waals surface area contributed by atoms with Crippen molar-refractivity contribution in [3.8, 4) is 0 Å². The average Bonchev–Trinajstić information content (AvgIpc) is 2.56. The van der Waals surface area contributed by atoms with E-state index in [1.54, 1.807) is 12.1 Å². The third-order valence-corrected chi connectivity index (χ3v) is 3.70. The second kappa shape index (κ2) is 7.72. The normalized spacial score (nSPS) is 12.2. The molecule has 0 saturated heterocycles. The van der Waals surface area contributed by atoms with Gasteiger partial charge in [-0.25, -0.2) is 9.78 Å². The van der Waals surface area contributed by atoms with Gasteiger partial charge in [-0.1, -0.05) is 26.0 Å². The Morgan fingerprint density at radius 2 is 2.00 bits per heavy atom. The Bertz CT molecular complexity index is 798. The van der Waals surface area contributed by atoms with Crippen molar-refractivity contribution < 1.29 is 14.3 Å². The van der Waals surface area contributed by atoms with Crippen LogP contribution in [0.5, 0.6) is 0 Å². The molecule has 1 aromatic carbocycles. The maximum atomic E-state index is 12.1. The fourth-order valence-electron chi connectivity index (χ4n) is 2.34. The molecule has 1 heterocycles. The summed E-state index contributed by atoms with van der Waals surface area (Å²) in [6.07, 6.45) is 0.257. The van der Waals surface area contributed by atoms with Gasteiger partial charge >= 0.3 is 5.97 Å². The Kier molecular flexibility index (Phi) is 5.68. The monoisotopic (exact) mass is 331 g/mol. The van der Waals surface area contributed by atoms with Crippen molar-refractivity contribution in [1.82, 2.24) is 15.3 Å². The van der Waals surface area contributed by atoms with E-state index in [4.69, 9.17) is 0 Å². The van der Waals surface area contributed by atoms with Crippen molar-refractivity contribution in [2.45, 2.75) is 32.7 Å². The number of esters is 1. The van der Waals surface area contributed by atoms with Crippen molar-refractivity contribution in [2.75, 3.05) is 7.11 Å². The van der Waals surface area contributed by atoms with Gasteiger partial charge in [0, 0.05) is 12.8 Å². The van der Waals surface area contributed by atoms with Crippen LogP contribution in [-0.2, 0) is 20.7 Å². The molecule has 0 spiro atoms. The van der Waals surface area contributed by atoms with Crippen LogP contribution in [0, 0.1) is 5.92 Å². The van der Waals surface area contributed by atoms with E-state index >= 15 is 0 Å². The lowest BCUT2D eigenvalue weighted by Gasteiger charge is -2.19. The number of hydrogen-bond donors (Lipinski definition) is 2. The second-order valence-corrected chi connectivity index (χ2v) is 5.84. The predicted molar refractivity (Wildman–Crippen MR) is 89.5 cm³/mol. The Hall–Kier alpha value is -2.70. The van der Waals surface area contributed by atoms with Crippen molar-refractivity contribution in [1.29, 1.82) is 0 Å². The van der Waals surface area contributed by atoms with E-state index in [0.717, 1.165) is 0 Å². The Morgan fingerprint density at radius 1 is 1.29 bits per heavy atom. The van der Waals surface area contributed by atoms with Gasteiger partial charge in [-0.15, -0.1) is 0 Å². The van der Waals surface area contributed by atoms with Gasteiger partial charge in [0.05, 0.1) is 18.1 Å². The van der Waals surface area contributed by atoms with Gasteiger partial charge in [0.2, 0.25) is 5.91 Å². The number of aromatic nitrogens is 2. The van der Waals surface area contributed by atoms with Crippen LogP contribution in [-0.4, -0.2) is 35.0 Å². The summed E-state index contributed by atoms with van der Waals surface area (Å²) in [6, 6.07) is 6.50. The minimum atomic E-state index is -0.703. The maximum absolute atomic E-state index is 12.1. The summed E-state index contributed by atoms with van der Waals surface area (Å²) < 4.78 is 4.68. The summed E-state index contributed by atoms with van der Waals surface area (Å²) in [5.41, 5.74) is 1.31. The molecule has 0 fully saturated rings. The summed E-state index contributed by atoms with van der Waals surface area (Å²) >= 11 is 0. The zero-order valence-electron chi connectivity index (χ0n) is 14.0. The van der Waals surface area contributed by atoms with E-state index in [1.165, 1.54) is 7.11 Å². The molecule has 1 amide bonds. The summed E-state index contributed by atoms with van der Waals surface area (Å²) in [4.78, 5) is 42.8. The first-order valence-electron chi connectivity index (χ1n) is 7.77. The molecule has 7 heteroatoms. The van der Waals surface area contributed by atoms with Gasteiger partial charge in [-0.05, 0) is 18.1 Å². The molecule has 1 unspecified atom stereocenters. The fourth-order valence-corrected chi connectivity index (χ4v) is 2.34. The van der Waals surface area contributed by atoms with Crippen LogP contribution < -0.4 is 10.9 Å². The molecular weight excluding hydrogens is 310 g/mol. The number of rotatable bonds is 6. The molecule has 24 heavy (non-hydrogen) atoms. The molecule has 1 atom stereocenters. The quantitative estimate of drug-likeness (QED) is 0.774. The maximum Gasteiger partial charge on any atom is 0.328 e. The van der Waals surface area contributed by atoms with E-state index in [1.807, 2.05) is 26.0 Å². The fraction of sp³-hybridized carbons (Fsp3) is 0.412. The van der Waals surface area contributed by atoms with Crippen LogP contribution in [0.2, 0.25) is 0 Å². The molecule has 0 bridgehead atoms. The first kappa shape index (κ1) is 17.7. The molecule has 2 rings (SSSR count). The molecule has 0 saturated carbocycles. The van der Waals surface area contributed by atoms with Crippen LogP contribution in [0.3, 0.4) is 0 Å². The SMILES string of the molecule is COC(=O)C(NC(=O)CCc1nc2ccccc2[nH]c1=O)C(C)C. The third kappa shape index (κ3) is 4.18. The number of nitrogens with one attached hydrogen (secondary N) is 2. The van der Waals surface area contributed by atoms with Gasteiger partial charge in [-0.3, -0.25) is 9.59 Å². The predicted octanol–water partition coefficient (Wildman–Crippen LogP) is 1.17. The average molecular weight is 331 g/mol. The number of benzene rings is 1. The highest BCUT2D eigenvalue weighted by molar-refractivity contribution is 5.84. The zero-order valence-corrected chi connectivity index (χ0v) is 14.0. The van der Waals surface area contributed by atoms with E-state index in [0.29, 0.717) is 16.7 Å². The summed E-state index contributed by atoms with van der Waals surface area (Å²) in [7, 11) is 1.28. The first-order valence-corrected chi connectivity index (χ1v) is 7.77. The largest absolute Gasteiger partial charge is 0.467 e. The van der Waals surface area contributed by atoms with Gasteiger partial charge in [0.15, 0.2) is 0 Å². The Morgan fingerprint density at radius 3 is 2.67 bits per heavy atom. The number of nitrogens with zero attached hydrogens (tertiary/aromatic N) is 1. The molecular formula is C17H21N3O4. The smallest absolute Gasteiger partial charge is 0.328 e. The minimum absolute atomic E-state index is 0.0641. The van der Waals surface area contributed by atoms with Crippen LogP contribution >= 0.6 is 0 Å². The topological polar surface area (TPSA) is 101 Å². The first-order chi connectivity index (χ1) is 11.4. The molecule has 0 aliphatic carbocycles. The number of aromatic amines is 1. The van der Waals surface area contributed by atoms with Crippen LogP contribution in [0.1, 0.15) is 26.0 Å². The molecule has 2 aromatic rings. The molecule has 0 radical (unpaired) electrons. The summed E-state index contributed by atoms with van der Waals surface area (Å²) in [5.74, 6) is -0.905. The number of amides is 1. The number of carbonyl (C=O) groups is 2. The zero-order chi connectivity index (χ0) is 17.7. The number of aryl methyl sites for hydroxylation is 1. The highest BCUT2D eigenvalue weighted by atomic mass is 16.5. The van der Waals surface area contributed by atoms with Crippen LogP contribution in [0.15, 0.2) is 29.1 Å². The van der Waals surface area contributed by atoms with Gasteiger partial charge < -0.3 is 15.0 Å². The number of H-pyrrole nitrogens is 1. The molecule has 2 N–H and O–H groups in total. The summed E-state index contributed by atoms with van der Waals surface area (Å²) in [5, 5.41) is 2.64. The Balaban J connectivity index is 2.05. The van der Waals surface area contributed by atoms with E-state index < -0.39 is 12.0 Å². The highest BCUT2D eigenvalue weighted by Gasteiger charge is 2.24. The standard InChI is InChI=1S/C17H21N3O4/c1-10(2)15(17(23)24-3)20-14(21)9-8-13-16(22)19-12-7-5-4-6-11(12)18-13/h4-7,10,15H,8-9H2,1-3H3,(H,19,22)(H,20,21). The van der Waals surface area contributed by atoms with Gasteiger partial charge in [0.25, 0.3) is 5.56 Å². The van der Waals surface area contributed by atoms with Crippen molar-refractivity contribution >= 4 is 22.9 Å². The van der Waals surface area contributed by atoms with Crippen LogP contribution in [0.25, 0.3) is 11.0 Å². The van der Waals surface area contributed by atoms with E-state index in [2.05, 4.69) is 20.0 Å². The molecule has 128 valence electrons. The molecule has 1 aromatic heterocycles. The number of carbonyl (C=O) groups excluding carboxylic acids is 2. The summed E-state index contributed by atoms with van der Waals surface area (Å²) in [6.45, 7) is 3.63. The number of fused-ring (bicyclic) bond motifs is 1. The van der Waals surface area contributed by atoms with Crippen LogP contribution in [0.4, 0.5) is 0 Å². The van der Waals surface area contributed by atoms with Crippen molar-refractivity contribution in [3.63, 3.8) is 0 Å². The van der Waals surface area contributed by atoms with E-state index in [-0.39, 0.29) is 30.2 Å². The molecule has 0 aliphatic heterocycles. The molecule has 7 nitrogen and oxygen atoms in total. The number of methoxy groups -OCH3 is 1. The second-order valence-electron chi connectivity index (χ2n) is 5.84. The van der Waals surface area contributed by atoms with E-state index in [9.17, 15) is 14.4 Å². The minimum Gasteiger partial charge on any atom is -0.467 e. The Labute approximate surface area is 139 Å². The lowest BCUT2D eigenvalue weighted by Crippen LogP contribution is -2.45. The van der Waals surface area contributed by atoms with Crippen molar-refractivity contribution in [2.24, 2.45) is 5.92 Å². The number of para-hydroxylation sites is 2. The van der Waals surface area contributed by atoms with Gasteiger partial charge in [0.1, 0.15) is 11.7 Å². The number of hydrogen-bond acceptors (Lipinski definition) is 5. The third-order valence-electron chi connectivity index (χ3n) is 3.70. The lowest BCUT2D eigenvalue weighted by molar-refractivity contribution is -0.146. The van der Waals surface area contributed by atoms with Gasteiger partial charge in [-0.2, -0.15) is 0 Å². The van der Waals surface area contributed by atoms with Crippen molar-refractivity contribution in [3.05, 3.63) is 40.3 Å².